The van der Waals surface area contributed by atoms with E-state index in [1.54, 1.807) is 23.1 Å². The second-order valence-corrected chi connectivity index (χ2v) is 9.20. The first kappa shape index (κ1) is 21.3. The topological polar surface area (TPSA) is 86.8 Å². The van der Waals surface area contributed by atoms with Crippen LogP contribution in [0.5, 0.6) is 0 Å². The van der Waals surface area contributed by atoms with E-state index in [1.807, 2.05) is 6.92 Å². The molecule has 0 bridgehead atoms. The Balaban J connectivity index is 1.69. The Kier molecular flexibility index (Phi) is 6.26. The second kappa shape index (κ2) is 8.52. The van der Waals surface area contributed by atoms with Crippen molar-refractivity contribution in [2.75, 3.05) is 31.5 Å². The third-order valence-corrected chi connectivity index (χ3v) is 7.19. The number of piperazine rings is 1. The molecule has 2 aromatic carbocycles. The predicted octanol–water partition coefficient (Wildman–Crippen LogP) is 2.75. The summed E-state index contributed by atoms with van der Waals surface area (Å²) in [5, 5.41) is 3.29. The molecule has 29 heavy (non-hydrogen) atoms. The lowest BCUT2D eigenvalue weighted by Crippen LogP contribution is -2.49. The van der Waals surface area contributed by atoms with Crippen molar-refractivity contribution in [2.45, 2.75) is 18.7 Å². The zero-order valence-corrected chi connectivity index (χ0v) is 17.8. The number of carbonyl (C=O) groups excluding carboxylic acids is 2. The van der Waals surface area contributed by atoms with Crippen LogP contribution in [-0.4, -0.2) is 55.6 Å². The molecule has 2 aromatic rings. The number of anilines is 1. The highest BCUT2D eigenvalue weighted by atomic mass is 35.5. The molecule has 1 N–H and O–H groups in total. The number of hydrogen-bond acceptors (Lipinski definition) is 4. The summed E-state index contributed by atoms with van der Waals surface area (Å²) in [6, 6.07) is 11.0. The van der Waals surface area contributed by atoms with Gasteiger partial charge in [0.15, 0.2) is 0 Å². The highest BCUT2D eigenvalue weighted by molar-refractivity contribution is 7.89. The molecule has 1 saturated heterocycles. The summed E-state index contributed by atoms with van der Waals surface area (Å²) in [5.41, 5.74) is 1.80. The van der Waals surface area contributed by atoms with Crippen molar-refractivity contribution in [3.63, 3.8) is 0 Å². The van der Waals surface area contributed by atoms with Gasteiger partial charge in [0.05, 0.1) is 4.90 Å². The average molecular weight is 436 g/mol. The van der Waals surface area contributed by atoms with Gasteiger partial charge in [-0.1, -0.05) is 17.7 Å². The van der Waals surface area contributed by atoms with Crippen molar-refractivity contribution < 1.29 is 18.0 Å². The fourth-order valence-corrected chi connectivity index (χ4v) is 4.65. The molecule has 0 spiro atoms. The first-order chi connectivity index (χ1) is 13.7. The zero-order chi connectivity index (χ0) is 21.2. The van der Waals surface area contributed by atoms with E-state index >= 15 is 0 Å². The molecule has 0 radical (unpaired) electrons. The van der Waals surface area contributed by atoms with Gasteiger partial charge in [0, 0.05) is 49.4 Å². The molecule has 3 rings (SSSR count). The summed E-state index contributed by atoms with van der Waals surface area (Å²) in [4.78, 5) is 25.6. The Morgan fingerprint density at radius 1 is 1.00 bits per heavy atom. The highest BCUT2D eigenvalue weighted by Gasteiger charge is 2.29. The maximum Gasteiger partial charge on any atom is 0.255 e. The monoisotopic (exact) mass is 435 g/mol. The summed E-state index contributed by atoms with van der Waals surface area (Å²) in [6.45, 7) is 4.57. The quantitative estimate of drug-likeness (QED) is 0.799. The first-order valence-electron chi connectivity index (χ1n) is 9.12. The van der Waals surface area contributed by atoms with Crippen LogP contribution in [0.25, 0.3) is 0 Å². The number of benzene rings is 2. The Morgan fingerprint density at radius 2 is 1.62 bits per heavy atom. The van der Waals surface area contributed by atoms with Gasteiger partial charge in [-0.3, -0.25) is 9.59 Å². The highest BCUT2D eigenvalue weighted by Crippen LogP contribution is 2.22. The zero-order valence-electron chi connectivity index (χ0n) is 16.2. The number of hydrogen-bond donors (Lipinski definition) is 1. The number of amides is 2. The second-order valence-electron chi connectivity index (χ2n) is 6.85. The van der Waals surface area contributed by atoms with Gasteiger partial charge >= 0.3 is 0 Å². The van der Waals surface area contributed by atoms with Crippen molar-refractivity contribution in [3.05, 3.63) is 58.6 Å². The molecule has 0 saturated carbocycles. The minimum absolute atomic E-state index is 0.0627. The molecule has 1 aliphatic rings. The van der Waals surface area contributed by atoms with Crippen molar-refractivity contribution in [3.8, 4) is 0 Å². The normalized spacial score (nSPS) is 15.2. The Morgan fingerprint density at radius 3 is 2.17 bits per heavy atom. The number of sulfonamides is 1. The van der Waals surface area contributed by atoms with Crippen molar-refractivity contribution in [1.82, 2.24) is 9.21 Å². The minimum atomic E-state index is -3.68. The Bertz CT molecular complexity index is 1030. The van der Waals surface area contributed by atoms with Gasteiger partial charge in [-0.25, -0.2) is 8.42 Å². The Labute approximate surface area is 175 Å². The molecule has 0 unspecified atom stereocenters. The third-order valence-electron chi connectivity index (χ3n) is 4.87. The molecule has 7 nitrogen and oxygen atoms in total. The van der Waals surface area contributed by atoms with Gasteiger partial charge in [0.1, 0.15) is 0 Å². The van der Waals surface area contributed by atoms with Crippen LogP contribution >= 0.6 is 11.6 Å². The third kappa shape index (κ3) is 4.77. The Hall–Kier alpha value is -2.42. The number of aryl methyl sites for hydroxylation is 1. The van der Waals surface area contributed by atoms with E-state index in [0.717, 1.165) is 5.56 Å². The van der Waals surface area contributed by atoms with Crippen LogP contribution in [0.2, 0.25) is 5.02 Å². The van der Waals surface area contributed by atoms with E-state index in [1.165, 1.54) is 35.5 Å². The summed E-state index contributed by atoms with van der Waals surface area (Å²) in [5.74, 6) is -0.420. The van der Waals surface area contributed by atoms with Gasteiger partial charge in [-0.05, 0) is 48.9 Å². The molecular formula is C20H22ClN3O4S. The van der Waals surface area contributed by atoms with Crippen LogP contribution in [-0.2, 0) is 14.8 Å². The van der Waals surface area contributed by atoms with Gasteiger partial charge in [-0.2, -0.15) is 4.31 Å². The van der Waals surface area contributed by atoms with Gasteiger partial charge in [0.25, 0.3) is 5.91 Å². The minimum Gasteiger partial charge on any atom is -0.340 e. The molecule has 2 amide bonds. The van der Waals surface area contributed by atoms with E-state index in [0.29, 0.717) is 29.4 Å². The molecule has 0 atom stereocenters. The number of halogens is 1. The standard InChI is InChI=1S/C20H22ClN3O4S/c1-14-3-6-17(13-19(14)21)22-20(26)16-4-7-18(8-5-16)29(27,28)24-11-9-23(10-12-24)15(2)25/h3-8,13H,9-12H2,1-2H3,(H,22,26). The SMILES string of the molecule is CC(=O)N1CCN(S(=O)(=O)c2ccc(C(=O)Nc3ccc(C)c(Cl)c3)cc2)CC1. The van der Waals surface area contributed by atoms with E-state index in [9.17, 15) is 18.0 Å². The number of rotatable bonds is 4. The maximum atomic E-state index is 12.8. The summed E-state index contributed by atoms with van der Waals surface area (Å²) < 4.78 is 27.0. The molecule has 1 fully saturated rings. The lowest BCUT2D eigenvalue weighted by Gasteiger charge is -2.33. The van der Waals surface area contributed by atoms with Gasteiger partial charge < -0.3 is 10.2 Å². The molecule has 0 aromatic heterocycles. The number of nitrogens with one attached hydrogen (secondary N) is 1. The van der Waals surface area contributed by atoms with Crippen molar-refractivity contribution >= 4 is 39.1 Å². The van der Waals surface area contributed by atoms with Crippen LogP contribution in [0.1, 0.15) is 22.8 Å². The summed E-state index contributed by atoms with van der Waals surface area (Å²) in [6.07, 6.45) is 0. The molecule has 9 heteroatoms. The van der Waals surface area contributed by atoms with Crippen LogP contribution in [0.4, 0.5) is 5.69 Å². The van der Waals surface area contributed by atoms with Crippen LogP contribution in [0.3, 0.4) is 0 Å². The molecule has 1 heterocycles. The number of nitrogens with zero attached hydrogens (tertiary/aromatic N) is 2. The average Bonchev–Trinajstić information content (AvgIpc) is 2.71. The van der Waals surface area contributed by atoms with E-state index in [2.05, 4.69) is 5.32 Å². The van der Waals surface area contributed by atoms with Crippen LogP contribution in [0.15, 0.2) is 47.4 Å². The van der Waals surface area contributed by atoms with Crippen LogP contribution < -0.4 is 5.32 Å². The summed E-state index contributed by atoms with van der Waals surface area (Å²) >= 11 is 6.07. The summed E-state index contributed by atoms with van der Waals surface area (Å²) in [7, 11) is -3.68. The largest absolute Gasteiger partial charge is 0.340 e. The van der Waals surface area contributed by atoms with E-state index in [4.69, 9.17) is 11.6 Å². The molecule has 0 aliphatic carbocycles. The van der Waals surface area contributed by atoms with Crippen molar-refractivity contribution in [2.24, 2.45) is 0 Å². The fraction of sp³-hybridized carbons (Fsp3) is 0.300. The molecule has 154 valence electrons. The van der Waals surface area contributed by atoms with E-state index < -0.39 is 10.0 Å². The first-order valence-corrected chi connectivity index (χ1v) is 10.9. The predicted molar refractivity (Wildman–Crippen MR) is 112 cm³/mol. The van der Waals surface area contributed by atoms with E-state index in [-0.39, 0.29) is 29.8 Å². The maximum absolute atomic E-state index is 12.8. The molecule has 1 aliphatic heterocycles. The lowest BCUT2D eigenvalue weighted by atomic mass is 10.2. The fourth-order valence-electron chi connectivity index (χ4n) is 3.04. The number of carbonyl (C=O) groups is 2. The smallest absolute Gasteiger partial charge is 0.255 e. The van der Waals surface area contributed by atoms with Gasteiger partial charge in [0.2, 0.25) is 15.9 Å². The lowest BCUT2D eigenvalue weighted by molar-refractivity contribution is -0.129. The van der Waals surface area contributed by atoms with Gasteiger partial charge in [-0.15, -0.1) is 0 Å². The van der Waals surface area contributed by atoms with Crippen molar-refractivity contribution in [1.29, 1.82) is 0 Å². The molecular weight excluding hydrogens is 414 g/mol. The van der Waals surface area contributed by atoms with Crippen LogP contribution in [0, 0.1) is 6.92 Å².